The average Bonchev–Trinajstić information content (AvgIpc) is 3.41. The molecule has 1 amide bonds. The maximum Gasteiger partial charge on any atom is 0.276 e. The summed E-state index contributed by atoms with van der Waals surface area (Å²) in [5, 5.41) is 7.71. The van der Waals surface area contributed by atoms with E-state index < -0.39 is 0 Å². The molecule has 0 radical (unpaired) electrons. The lowest BCUT2D eigenvalue weighted by Gasteiger charge is -2.07. The Kier molecular flexibility index (Phi) is 4.70. The van der Waals surface area contributed by atoms with Gasteiger partial charge >= 0.3 is 0 Å². The van der Waals surface area contributed by atoms with Crippen LogP contribution in [0.3, 0.4) is 0 Å². The Bertz CT molecular complexity index is 1450. The number of carbonyl (C=O) groups is 2. The van der Waals surface area contributed by atoms with Crippen molar-refractivity contribution >= 4 is 33.9 Å². The lowest BCUT2D eigenvalue weighted by Crippen LogP contribution is -2.13. The summed E-state index contributed by atoms with van der Waals surface area (Å²) in [6.45, 7) is 4.04. The van der Waals surface area contributed by atoms with E-state index in [-0.39, 0.29) is 23.4 Å². The number of anilines is 1. The Morgan fingerprint density at radius 1 is 1.06 bits per heavy atom. The van der Waals surface area contributed by atoms with E-state index in [0.717, 1.165) is 5.52 Å². The second-order valence-electron chi connectivity index (χ2n) is 7.65. The number of ketones is 1. The van der Waals surface area contributed by atoms with Gasteiger partial charge in [-0.1, -0.05) is 6.07 Å². The molecule has 0 aliphatic carbocycles. The molecule has 32 heavy (non-hydrogen) atoms. The lowest BCUT2D eigenvalue weighted by molar-refractivity contribution is 0.101. The number of aromatic nitrogens is 6. The quantitative estimate of drug-likeness (QED) is 0.432. The molecule has 0 saturated heterocycles. The molecule has 0 aliphatic rings. The van der Waals surface area contributed by atoms with Crippen molar-refractivity contribution in [1.29, 1.82) is 0 Å². The van der Waals surface area contributed by atoms with E-state index >= 15 is 0 Å². The van der Waals surface area contributed by atoms with Crippen molar-refractivity contribution in [3.63, 3.8) is 0 Å². The molecule has 5 heterocycles. The van der Waals surface area contributed by atoms with Gasteiger partial charge in [0.15, 0.2) is 11.5 Å². The molecule has 0 bridgehead atoms. The standard InChI is InChI=1S/C23H19N7O2/c1-14(2)29-12-19(18-11-25-13-26-22(18)29)21(31)15-7-16(10-24-9-15)27-23(32)20-8-17-5-3-4-6-30(17)28-20/h3-14H,1-2H3,(H,27,32). The van der Waals surface area contributed by atoms with Gasteiger partial charge in [0.05, 0.1) is 23.0 Å². The van der Waals surface area contributed by atoms with Crippen molar-refractivity contribution in [2.45, 2.75) is 19.9 Å². The average molecular weight is 425 g/mol. The van der Waals surface area contributed by atoms with Crippen LogP contribution in [0.15, 0.2) is 67.6 Å². The van der Waals surface area contributed by atoms with Crippen molar-refractivity contribution in [2.75, 3.05) is 5.32 Å². The van der Waals surface area contributed by atoms with Gasteiger partial charge in [0.1, 0.15) is 12.0 Å². The van der Waals surface area contributed by atoms with E-state index in [0.29, 0.717) is 27.8 Å². The Balaban J connectivity index is 1.44. The third-order valence-corrected chi connectivity index (χ3v) is 5.16. The summed E-state index contributed by atoms with van der Waals surface area (Å²) in [6, 6.07) is 9.00. The van der Waals surface area contributed by atoms with Gasteiger partial charge < -0.3 is 9.88 Å². The molecule has 158 valence electrons. The second-order valence-corrected chi connectivity index (χ2v) is 7.65. The summed E-state index contributed by atoms with van der Waals surface area (Å²) in [4.78, 5) is 38.5. The van der Waals surface area contributed by atoms with Crippen LogP contribution in [-0.2, 0) is 0 Å². The van der Waals surface area contributed by atoms with Gasteiger partial charge in [0.25, 0.3) is 5.91 Å². The Labute approximate surface area is 182 Å². The summed E-state index contributed by atoms with van der Waals surface area (Å²) in [6.07, 6.45) is 9.62. The van der Waals surface area contributed by atoms with Crippen LogP contribution in [0.1, 0.15) is 46.3 Å². The number of fused-ring (bicyclic) bond motifs is 2. The largest absolute Gasteiger partial charge is 0.329 e. The van der Waals surface area contributed by atoms with Crippen LogP contribution in [0.2, 0.25) is 0 Å². The molecule has 9 nitrogen and oxygen atoms in total. The number of amides is 1. The van der Waals surface area contributed by atoms with Crippen LogP contribution < -0.4 is 5.32 Å². The first-order valence-corrected chi connectivity index (χ1v) is 10.1. The molecular weight excluding hydrogens is 406 g/mol. The molecule has 0 unspecified atom stereocenters. The number of rotatable bonds is 5. The number of hydrogen-bond donors (Lipinski definition) is 1. The minimum atomic E-state index is -0.384. The predicted octanol–water partition coefficient (Wildman–Crippen LogP) is 3.54. The highest BCUT2D eigenvalue weighted by atomic mass is 16.2. The summed E-state index contributed by atoms with van der Waals surface area (Å²) >= 11 is 0. The van der Waals surface area contributed by atoms with Crippen LogP contribution >= 0.6 is 0 Å². The van der Waals surface area contributed by atoms with Crippen LogP contribution in [0, 0.1) is 0 Å². The summed E-state index contributed by atoms with van der Waals surface area (Å²) in [5.41, 5.74) is 3.02. The Hall–Kier alpha value is -4.40. The third kappa shape index (κ3) is 3.39. The van der Waals surface area contributed by atoms with E-state index in [1.807, 2.05) is 36.6 Å². The van der Waals surface area contributed by atoms with Crippen molar-refractivity contribution in [1.82, 2.24) is 29.1 Å². The normalized spacial score (nSPS) is 11.3. The smallest absolute Gasteiger partial charge is 0.276 e. The van der Waals surface area contributed by atoms with E-state index in [1.165, 1.54) is 18.7 Å². The topological polar surface area (TPSA) is 107 Å². The summed E-state index contributed by atoms with van der Waals surface area (Å²) < 4.78 is 3.56. The second kappa shape index (κ2) is 7.69. The van der Waals surface area contributed by atoms with E-state index in [1.54, 1.807) is 35.2 Å². The van der Waals surface area contributed by atoms with Crippen molar-refractivity contribution < 1.29 is 9.59 Å². The Morgan fingerprint density at radius 2 is 1.94 bits per heavy atom. The van der Waals surface area contributed by atoms with Gasteiger partial charge in [-0.2, -0.15) is 5.10 Å². The third-order valence-electron chi connectivity index (χ3n) is 5.16. The molecule has 5 aromatic heterocycles. The lowest BCUT2D eigenvalue weighted by atomic mass is 10.1. The predicted molar refractivity (Wildman–Crippen MR) is 119 cm³/mol. The van der Waals surface area contributed by atoms with Crippen LogP contribution in [0.5, 0.6) is 0 Å². The maximum atomic E-state index is 13.3. The molecule has 0 aliphatic heterocycles. The van der Waals surface area contributed by atoms with Gasteiger partial charge in [0, 0.05) is 41.8 Å². The molecule has 1 N–H and O–H groups in total. The maximum absolute atomic E-state index is 13.3. The molecular formula is C23H19N7O2. The highest BCUT2D eigenvalue weighted by Gasteiger charge is 2.20. The fourth-order valence-electron chi connectivity index (χ4n) is 3.60. The van der Waals surface area contributed by atoms with Crippen LogP contribution in [0.25, 0.3) is 16.6 Å². The zero-order valence-electron chi connectivity index (χ0n) is 17.4. The number of nitrogens with zero attached hydrogens (tertiary/aromatic N) is 6. The number of carbonyl (C=O) groups excluding carboxylic acids is 2. The first kappa shape index (κ1) is 19.6. The van der Waals surface area contributed by atoms with Gasteiger partial charge in [-0.25, -0.2) is 14.5 Å². The molecule has 0 saturated carbocycles. The highest BCUT2D eigenvalue weighted by Crippen LogP contribution is 2.25. The minimum absolute atomic E-state index is 0.128. The SMILES string of the molecule is CC(C)n1cc(C(=O)c2cncc(NC(=O)c3cc4ccccn4n3)c2)c2cncnc21. The van der Waals surface area contributed by atoms with E-state index in [9.17, 15) is 9.59 Å². The van der Waals surface area contributed by atoms with Crippen LogP contribution in [-0.4, -0.2) is 40.8 Å². The zero-order valence-corrected chi connectivity index (χ0v) is 17.4. The fraction of sp³-hybridized carbons (Fsp3) is 0.130. The first-order chi connectivity index (χ1) is 15.5. The molecule has 9 heteroatoms. The zero-order chi connectivity index (χ0) is 22.2. The van der Waals surface area contributed by atoms with Crippen molar-refractivity contribution in [2.24, 2.45) is 0 Å². The van der Waals surface area contributed by atoms with Gasteiger partial charge in [-0.3, -0.25) is 14.6 Å². The number of nitrogens with one attached hydrogen (secondary N) is 1. The monoisotopic (exact) mass is 425 g/mol. The number of hydrogen-bond acceptors (Lipinski definition) is 6. The Morgan fingerprint density at radius 3 is 2.75 bits per heavy atom. The molecule has 0 aromatic carbocycles. The van der Waals surface area contributed by atoms with E-state index in [2.05, 4.69) is 25.4 Å². The van der Waals surface area contributed by atoms with Crippen molar-refractivity contribution in [3.05, 3.63) is 84.5 Å². The molecule has 0 atom stereocenters. The first-order valence-electron chi connectivity index (χ1n) is 10.1. The van der Waals surface area contributed by atoms with Gasteiger partial charge in [-0.15, -0.1) is 0 Å². The summed E-state index contributed by atoms with van der Waals surface area (Å²) in [5.74, 6) is -0.606. The minimum Gasteiger partial charge on any atom is -0.329 e. The summed E-state index contributed by atoms with van der Waals surface area (Å²) in [7, 11) is 0. The van der Waals surface area contributed by atoms with Gasteiger partial charge in [-0.05, 0) is 38.1 Å². The number of pyridine rings is 2. The molecule has 0 spiro atoms. The van der Waals surface area contributed by atoms with Crippen molar-refractivity contribution in [3.8, 4) is 0 Å². The van der Waals surface area contributed by atoms with E-state index in [4.69, 9.17) is 0 Å². The molecule has 5 rings (SSSR count). The molecule has 0 fully saturated rings. The van der Waals surface area contributed by atoms with Crippen LogP contribution in [0.4, 0.5) is 5.69 Å². The fourth-order valence-corrected chi connectivity index (χ4v) is 3.60. The van der Waals surface area contributed by atoms with Gasteiger partial charge in [0.2, 0.25) is 0 Å². The highest BCUT2D eigenvalue weighted by molar-refractivity contribution is 6.16. The molecule has 5 aromatic rings.